The normalized spacial score (nSPS) is 16.7. The summed E-state index contributed by atoms with van der Waals surface area (Å²) in [5.41, 5.74) is 2.84. The summed E-state index contributed by atoms with van der Waals surface area (Å²) in [6, 6.07) is 5.75. The number of nitrogens with zero attached hydrogens (tertiary/aromatic N) is 2. The maximum Gasteiger partial charge on any atom is 0.194 e. The molecule has 136 valence electrons. The molecule has 1 aromatic carbocycles. The molecular weight excluding hydrogens is 314 g/mol. The maximum absolute atomic E-state index is 13.1. The Hall–Kier alpha value is -1.85. The Morgan fingerprint density at radius 2 is 1.92 bits per heavy atom. The molecule has 1 N–H and O–H groups in total. The van der Waals surface area contributed by atoms with Crippen molar-refractivity contribution >= 4 is 10.9 Å². The lowest BCUT2D eigenvalue weighted by molar-refractivity contribution is 0.147. The van der Waals surface area contributed by atoms with Crippen molar-refractivity contribution in [2.45, 2.75) is 27.3 Å². The second kappa shape index (κ2) is 7.58. The Balaban J connectivity index is 1.88. The Bertz CT molecular complexity index is 789. The third kappa shape index (κ3) is 4.22. The summed E-state index contributed by atoms with van der Waals surface area (Å²) in [6.45, 7) is 11.7. The van der Waals surface area contributed by atoms with Gasteiger partial charge in [-0.1, -0.05) is 13.8 Å². The van der Waals surface area contributed by atoms with Gasteiger partial charge in [-0.05, 0) is 38.1 Å². The Kier molecular flexibility index (Phi) is 5.45. The molecule has 5 heteroatoms. The lowest BCUT2D eigenvalue weighted by Gasteiger charge is -2.32. The van der Waals surface area contributed by atoms with E-state index in [9.17, 15) is 4.79 Å². The van der Waals surface area contributed by atoms with Gasteiger partial charge in [0, 0.05) is 54.9 Å². The van der Waals surface area contributed by atoms with Gasteiger partial charge in [0.25, 0.3) is 0 Å². The topological polar surface area (TPSA) is 48.6 Å². The molecule has 1 fully saturated rings. The SMILES string of the molecule is Cc1[nH]c2ccc(OCC(C)C)cc2c(=O)c1CN1CCN(C)CC1. The van der Waals surface area contributed by atoms with Crippen LogP contribution in [0, 0.1) is 12.8 Å². The number of pyridine rings is 1. The largest absolute Gasteiger partial charge is 0.493 e. The first-order valence-corrected chi connectivity index (χ1v) is 9.13. The summed E-state index contributed by atoms with van der Waals surface area (Å²) in [5, 5.41) is 0.719. The number of aromatic nitrogens is 1. The summed E-state index contributed by atoms with van der Waals surface area (Å²) in [5.74, 6) is 1.22. The first-order chi connectivity index (χ1) is 11.9. The number of piperazine rings is 1. The van der Waals surface area contributed by atoms with Crippen LogP contribution in [0.2, 0.25) is 0 Å². The standard InChI is InChI=1S/C20H29N3O2/c1-14(2)13-25-16-5-6-19-17(11-16)20(24)18(15(3)21-19)12-23-9-7-22(4)8-10-23/h5-6,11,14H,7-10,12-13H2,1-4H3,(H,21,24). The van der Waals surface area contributed by atoms with Crippen molar-refractivity contribution in [3.05, 3.63) is 39.7 Å². The molecule has 0 saturated carbocycles. The molecule has 0 bridgehead atoms. The lowest BCUT2D eigenvalue weighted by atomic mass is 10.1. The van der Waals surface area contributed by atoms with Crippen LogP contribution >= 0.6 is 0 Å². The second-order valence-electron chi connectivity index (χ2n) is 7.55. The fourth-order valence-corrected chi connectivity index (χ4v) is 3.20. The Labute approximate surface area is 149 Å². The molecular formula is C20H29N3O2. The fraction of sp³-hybridized carbons (Fsp3) is 0.550. The van der Waals surface area contributed by atoms with Crippen LogP contribution in [0.3, 0.4) is 0 Å². The summed E-state index contributed by atoms with van der Waals surface area (Å²) in [7, 11) is 2.14. The number of fused-ring (bicyclic) bond motifs is 1. The Morgan fingerprint density at radius 1 is 1.20 bits per heavy atom. The number of rotatable bonds is 5. The third-order valence-electron chi connectivity index (χ3n) is 4.85. The van der Waals surface area contributed by atoms with Crippen LogP contribution in [0.25, 0.3) is 10.9 Å². The molecule has 2 aromatic rings. The average Bonchev–Trinajstić information content (AvgIpc) is 2.58. The van der Waals surface area contributed by atoms with Crippen LogP contribution in [0.1, 0.15) is 25.1 Å². The quantitative estimate of drug-likeness (QED) is 0.907. The van der Waals surface area contributed by atoms with E-state index in [0.29, 0.717) is 19.1 Å². The molecule has 2 heterocycles. The first-order valence-electron chi connectivity index (χ1n) is 9.13. The van der Waals surface area contributed by atoms with Gasteiger partial charge in [0.15, 0.2) is 5.43 Å². The zero-order chi connectivity index (χ0) is 18.0. The van der Waals surface area contributed by atoms with E-state index in [1.54, 1.807) is 0 Å². The number of hydrogen-bond acceptors (Lipinski definition) is 4. The molecule has 0 spiro atoms. The molecule has 0 unspecified atom stereocenters. The number of H-pyrrole nitrogens is 1. The van der Waals surface area contributed by atoms with Crippen LogP contribution in [-0.2, 0) is 6.54 Å². The van der Waals surface area contributed by atoms with Crippen molar-refractivity contribution in [3.63, 3.8) is 0 Å². The van der Waals surface area contributed by atoms with Crippen LogP contribution in [0.5, 0.6) is 5.75 Å². The summed E-state index contributed by atoms with van der Waals surface area (Å²) in [4.78, 5) is 21.2. The number of benzene rings is 1. The van der Waals surface area contributed by atoms with Crippen LogP contribution in [0.15, 0.2) is 23.0 Å². The van der Waals surface area contributed by atoms with E-state index < -0.39 is 0 Å². The van der Waals surface area contributed by atoms with Crippen LogP contribution < -0.4 is 10.2 Å². The third-order valence-corrected chi connectivity index (χ3v) is 4.85. The highest BCUT2D eigenvalue weighted by Crippen LogP contribution is 2.20. The van der Waals surface area contributed by atoms with E-state index in [0.717, 1.165) is 54.1 Å². The Morgan fingerprint density at radius 3 is 2.60 bits per heavy atom. The number of nitrogens with one attached hydrogen (secondary N) is 1. The van der Waals surface area contributed by atoms with Gasteiger partial charge in [-0.25, -0.2) is 0 Å². The zero-order valence-corrected chi connectivity index (χ0v) is 15.8. The van der Waals surface area contributed by atoms with Gasteiger partial charge in [0.1, 0.15) is 5.75 Å². The predicted octanol–water partition coefficient (Wildman–Crippen LogP) is 2.62. The summed E-state index contributed by atoms with van der Waals surface area (Å²) >= 11 is 0. The number of aryl methyl sites for hydroxylation is 1. The molecule has 1 aromatic heterocycles. The molecule has 0 amide bonds. The summed E-state index contributed by atoms with van der Waals surface area (Å²) in [6.07, 6.45) is 0. The van der Waals surface area contributed by atoms with Gasteiger partial charge < -0.3 is 14.6 Å². The van der Waals surface area contributed by atoms with Crippen LogP contribution in [0.4, 0.5) is 0 Å². The maximum atomic E-state index is 13.1. The molecule has 0 atom stereocenters. The molecule has 1 aliphatic rings. The van der Waals surface area contributed by atoms with Gasteiger partial charge in [0.05, 0.1) is 6.61 Å². The van der Waals surface area contributed by atoms with Gasteiger partial charge in [-0.3, -0.25) is 9.69 Å². The van der Waals surface area contributed by atoms with Crippen molar-refractivity contribution in [1.82, 2.24) is 14.8 Å². The highest BCUT2D eigenvalue weighted by molar-refractivity contribution is 5.81. The van der Waals surface area contributed by atoms with Gasteiger partial charge in [-0.15, -0.1) is 0 Å². The second-order valence-corrected chi connectivity index (χ2v) is 7.55. The van der Waals surface area contributed by atoms with Crippen LogP contribution in [-0.4, -0.2) is 54.6 Å². The highest BCUT2D eigenvalue weighted by Gasteiger charge is 2.18. The predicted molar refractivity (Wildman–Crippen MR) is 102 cm³/mol. The molecule has 1 aliphatic heterocycles. The van der Waals surface area contributed by atoms with Crippen molar-refractivity contribution < 1.29 is 4.74 Å². The first kappa shape index (κ1) is 18.0. The molecule has 3 rings (SSSR count). The van der Waals surface area contributed by atoms with E-state index in [2.05, 4.69) is 35.7 Å². The monoisotopic (exact) mass is 343 g/mol. The number of likely N-dealkylation sites (N-methyl/N-ethyl adjacent to an activating group) is 1. The van der Waals surface area contributed by atoms with E-state index in [4.69, 9.17) is 4.74 Å². The minimum absolute atomic E-state index is 0.125. The molecule has 25 heavy (non-hydrogen) atoms. The van der Waals surface area contributed by atoms with Crippen molar-refractivity contribution in [3.8, 4) is 5.75 Å². The molecule has 1 saturated heterocycles. The molecule has 0 radical (unpaired) electrons. The van der Waals surface area contributed by atoms with Crippen molar-refractivity contribution in [1.29, 1.82) is 0 Å². The molecule has 0 aliphatic carbocycles. The van der Waals surface area contributed by atoms with Crippen molar-refractivity contribution in [2.75, 3.05) is 39.8 Å². The minimum Gasteiger partial charge on any atom is -0.493 e. The number of aromatic amines is 1. The molecule has 5 nitrogen and oxygen atoms in total. The highest BCUT2D eigenvalue weighted by atomic mass is 16.5. The average molecular weight is 343 g/mol. The smallest absolute Gasteiger partial charge is 0.194 e. The number of hydrogen-bond donors (Lipinski definition) is 1. The van der Waals surface area contributed by atoms with E-state index in [1.165, 1.54) is 0 Å². The summed E-state index contributed by atoms with van der Waals surface area (Å²) < 4.78 is 5.79. The van der Waals surface area contributed by atoms with Gasteiger partial charge in [-0.2, -0.15) is 0 Å². The zero-order valence-electron chi connectivity index (χ0n) is 15.8. The van der Waals surface area contributed by atoms with E-state index in [-0.39, 0.29) is 5.43 Å². The van der Waals surface area contributed by atoms with E-state index >= 15 is 0 Å². The number of ether oxygens (including phenoxy) is 1. The van der Waals surface area contributed by atoms with Gasteiger partial charge >= 0.3 is 0 Å². The van der Waals surface area contributed by atoms with E-state index in [1.807, 2.05) is 25.1 Å². The minimum atomic E-state index is 0.125. The fourth-order valence-electron chi connectivity index (χ4n) is 3.20. The van der Waals surface area contributed by atoms with Crippen molar-refractivity contribution in [2.24, 2.45) is 5.92 Å². The lowest BCUT2D eigenvalue weighted by Crippen LogP contribution is -2.44. The van der Waals surface area contributed by atoms with Gasteiger partial charge in [0.2, 0.25) is 0 Å².